The Morgan fingerprint density at radius 3 is 2.37 bits per heavy atom. The van der Waals surface area contributed by atoms with Gasteiger partial charge in [0, 0.05) is 43.2 Å². The van der Waals surface area contributed by atoms with Gasteiger partial charge in [-0.15, -0.1) is 10.2 Å². The van der Waals surface area contributed by atoms with E-state index in [1.165, 1.54) is 5.56 Å². The highest BCUT2D eigenvalue weighted by Gasteiger charge is 2.21. The molecule has 1 saturated heterocycles. The number of nitrogens with zero attached hydrogens (tertiary/aromatic N) is 5. The summed E-state index contributed by atoms with van der Waals surface area (Å²) in [6.07, 6.45) is 1.64. The fourth-order valence-corrected chi connectivity index (χ4v) is 5.10. The second-order valence-electron chi connectivity index (χ2n) is 8.67. The van der Waals surface area contributed by atoms with Crippen LogP contribution in [-0.4, -0.2) is 63.2 Å². The SMILES string of the molecule is CCN1CCN(C(=O)c2ccc(CSc3nnc(-c4ccco4)n3-c3ccc(C)cc3)cc2)CC1. The van der Waals surface area contributed by atoms with E-state index < -0.39 is 0 Å². The summed E-state index contributed by atoms with van der Waals surface area (Å²) < 4.78 is 7.63. The Morgan fingerprint density at radius 1 is 0.971 bits per heavy atom. The fourth-order valence-electron chi connectivity index (χ4n) is 4.20. The zero-order chi connectivity index (χ0) is 24.2. The first-order valence-corrected chi connectivity index (χ1v) is 12.9. The Bertz CT molecular complexity index is 1260. The number of piperazine rings is 1. The fraction of sp³-hybridized carbons (Fsp3) is 0.296. The number of carbonyl (C=O) groups excluding carboxylic acids is 1. The van der Waals surface area contributed by atoms with E-state index in [1.54, 1.807) is 18.0 Å². The van der Waals surface area contributed by atoms with Crippen LogP contribution in [-0.2, 0) is 5.75 Å². The van der Waals surface area contributed by atoms with Crippen molar-refractivity contribution in [3.05, 3.63) is 83.6 Å². The van der Waals surface area contributed by atoms with E-state index in [-0.39, 0.29) is 5.91 Å². The van der Waals surface area contributed by atoms with Crippen molar-refractivity contribution in [2.24, 2.45) is 0 Å². The van der Waals surface area contributed by atoms with E-state index in [0.717, 1.165) is 54.7 Å². The molecular weight excluding hydrogens is 458 g/mol. The number of carbonyl (C=O) groups is 1. The van der Waals surface area contributed by atoms with E-state index in [0.29, 0.717) is 17.3 Å². The van der Waals surface area contributed by atoms with Gasteiger partial charge in [0.25, 0.3) is 5.91 Å². The molecule has 0 atom stereocenters. The van der Waals surface area contributed by atoms with Crippen molar-refractivity contribution in [2.45, 2.75) is 24.8 Å². The highest BCUT2D eigenvalue weighted by molar-refractivity contribution is 7.98. The molecule has 3 heterocycles. The first kappa shape index (κ1) is 23.4. The molecule has 1 aliphatic heterocycles. The molecule has 0 bridgehead atoms. The molecule has 7 nitrogen and oxygen atoms in total. The van der Waals surface area contributed by atoms with Gasteiger partial charge < -0.3 is 14.2 Å². The lowest BCUT2D eigenvalue weighted by Crippen LogP contribution is -2.48. The van der Waals surface area contributed by atoms with Crippen LogP contribution in [0.15, 0.2) is 76.5 Å². The first-order valence-electron chi connectivity index (χ1n) is 11.9. The normalized spacial score (nSPS) is 14.4. The molecule has 4 aromatic rings. The zero-order valence-corrected chi connectivity index (χ0v) is 20.9. The van der Waals surface area contributed by atoms with Gasteiger partial charge in [0.2, 0.25) is 5.82 Å². The van der Waals surface area contributed by atoms with Gasteiger partial charge in [-0.25, -0.2) is 0 Å². The van der Waals surface area contributed by atoms with Gasteiger partial charge in [0.05, 0.1) is 6.26 Å². The molecule has 0 spiro atoms. The highest BCUT2D eigenvalue weighted by Crippen LogP contribution is 2.30. The third-order valence-corrected chi connectivity index (χ3v) is 7.34. The summed E-state index contributed by atoms with van der Waals surface area (Å²) in [5, 5.41) is 9.66. The van der Waals surface area contributed by atoms with Crippen molar-refractivity contribution < 1.29 is 9.21 Å². The average molecular weight is 488 g/mol. The van der Waals surface area contributed by atoms with Crippen LogP contribution in [0.3, 0.4) is 0 Å². The Morgan fingerprint density at radius 2 is 1.71 bits per heavy atom. The molecule has 0 aliphatic carbocycles. The minimum atomic E-state index is 0.113. The van der Waals surface area contributed by atoms with Crippen molar-refractivity contribution in [3.63, 3.8) is 0 Å². The molecule has 0 radical (unpaired) electrons. The lowest BCUT2D eigenvalue weighted by molar-refractivity contribution is 0.0643. The third kappa shape index (κ3) is 5.18. The number of hydrogen-bond donors (Lipinski definition) is 0. The Balaban J connectivity index is 1.30. The predicted octanol–water partition coefficient (Wildman–Crippen LogP) is 4.91. The number of furan rings is 1. The molecule has 1 aliphatic rings. The highest BCUT2D eigenvalue weighted by atomic mass is 32.2. The predicted molar refractivity (Wildman–Crippen MR) is 138 cm³/mol. The number of aromatic nitrogens is 3. The Hall–Kier alpha value is -3.36. The van der Waals surface area contributed by atoms with Gasteiger partial charge in [-0.05, 0) is 55.4 Å². The molecule has 5 rings (SSSR count). The molecule has 0 N–H and O–H groups in total. The summed E-state index contributed by atoms with van der Waals surface area (Å²) in [6.45, 7) is 8.73. The molecule has 1 fully saturated rings. The van der Waals surface area contributed by atoms with Crippen LogP contribution in [0, 0.1) is 6.92 Å². The molecule has 1 amide bonds. The smallest absolute Gasteiger partial charge is 0.253 e. The van der Waals surface area contributed by atoms with Gasteiger partial charge in [-0.1, -0.05) is 48.5 Å². The zero-order valence-electron chi connectivity index (χ0n) is 20.1. The van der Waals surface area contributed by atoms with Crippen molar-refractivity contribution in [3.8, 4) is 17.3 Å². The second kappa shape index (κ2) is 10.5. The van der Waals surface area contributed by atoms with E-state index in [9.17, 15) is 4.79 Å². The van der Waals surface area contributed by atoms with Crippen LogP contribution in [0.2, 0.25) is 0 Å². The summed E-state index contributed by atoms with van der Waals surface area (Å²) in [6, 6.07) is 20.0. The van der Waals surface area contributed by atoms with E-state index in [1.807, 2.05) is 45.9 Å². The van der Waals surface area contributed by atoms with Gasteiger partial charge in [0.15, 0.2) is 10.9 Å². The average Bonchev–Trinajstić information content (AvgIpc) is 3.58. The number of aryl methyl sites for hydroxylation is 1. The first-order chi connectivity index (χ1) is 17.1. The quantitative estimate of drug-likeness (QED) is 0.345. The van der Waals surface area contributed by atoms with Crippen LogP contribution in [0.25, 0.3) is 17.3 Å². The van der Waals surface area contributed by atoms with Gasteiger partial charge in [-0.3, -0.25) is 9.36 Å². The van der Waals surface area contributed by atoms with Gasteiger partial charge in [-0.2, -0.15) is 0 Å². The maximum Gasteiger partial charge on any atom is 0.253 e. The van der Waals surface area contributed by atoms with Crippen LogP contribution >= 0.6 is 11.8 Å². The monoisotopic (exact) mass is 487 g/mol. The van der Waals surface area contributed by atoms with Crippen LogP contribution in [0.4, 0.5) is 0 Å². The van der Waals surface area contributed by atoms with E-state index in [2.05, 4.69) is 53.2 Å². The number of likely N-dealkylation sites (N-methyl/N-ethyl adjacent to an activating group) is 1. The van der Waals surface area contributed by atoms with Gasteiger partial charge >= 0.3 is 0 Å². The Labute approximate surface area is 209 Å². The summed E-state index contributed by atoms with van der Waals surface area (Å²) in [5.41, 5.74) is 4.04. The minimum Gasteiger partial charge on any atom is -0.461 e. The lowest BCUT2D eigenvalue weighted by Gasteiger charge is -2.34. The molecule has 35 heavy (non-hydrogen) atoms. The van der Waals surface area contributed by atoms with Crippen LogP contribution in [0.1, 0.15) is 28.4 Å². The number of thioether (sulfide) groups is 1. The minimum absolute atomic E-state index is 0.113. The van der Waals surface area contributed by atoms with Crippen LogP contribution in [0.5, 0.6) is 0 Å². The van der Waals surface area contributed by atoms with Crippen molar-refractivity contribution in [1.29, 1.82) is 0 Å². The molecule has 180 valence electrons. The summed E-state index contributed by atoms with van der Waals surface area (Å²) >= 11 is 1.61. The maximum atomic E-state index is 12.9. The largest absolute Gasteiger partial charge is 0.461 e. The van der Waals surface area contributed by atoms with Gasteiger partial charge in [0.1, 0.15) is 0 Å². The van der Waals surface area contributed by atoms with Crippen molar-refractivity contribution >= 4 is 17.7 Å². The molecule has 0 saturated carbocycles. The lowest BCUT2D eigenvalue weighted by atomic mass is 10.1. The maximum absolute atomic E-state index is 12.9. The summed E-state index contributed by atoms with van der Waals surface area (Å²) in [7, 11) is 0. The van der Waals surface area contributed by atoms with E-state index >= 15 is 0 Å². The third-order valence-electron chi connectivity index (χ3n) is 6.34. The van der Waals surface area contributed by atoms with Crippen LogP contribution < -0.4 is 0 Å². The molecule has 2 aromatic carbocycles. The molecule has 0 unspecified atom stereocenters. The second-order valence-corrected chi connectivity index (χ2v) is 9.61. The van der Waals surface area contributed by atoms with E-state index in [4.69, 9.17) is 4.42 Å². The molecular formula is C27H29N5O2S. The molecule has 2 aromatic heterocycles. The number of rotatable bonds is 7. The summed E-state index contributed by atoms with van der Waals surface area (Å²) in [5.74, 6) is 2.17. The number of hydrogen-bond acceptors (Lipinski definition) is 6. The summed E-state index contributed by atoms with van der Waals surface area (Å²) in [4.78, 5) is 17.2. The van der Waals surface area contributed by atoms with Crippen molar-refractivity contribution in [2.75, 3.05) is 32.7 Å². The standard InChI is InChI=1S/C27H29N5O2S/c1-3-30-14-16-31(17-15-30)26(33)22-10-8-21(9-11-22)19-35-27-29-28-25(24-5-4-18-34-24)32(27)23-12-6-20(2)7-13-23/h4-13,18H,3,14-17,19H2,1-2H3. The Kier molecular flexibility index (Phi) is 7.01. The van der Waals surface area contributed by atoms with Crippen molar-refractivity contribution in [1.82, 2.24) is 24.6 Å². The molecule has 8 heteroatoms. The topological polar surface area (TPSA) is 67.4 Å². The number of amides is 1. The number of benzene rings is 2.